The Kier molecular flexibility index (Phi) is 5.49. The maximum atomic E-state index is 13.4. The average Bonchev–Trinajstić information content (AvgIpc) is 2.98. The van der Waals surface area contributed by atoms with Gasteiger partial charge in [-0.15, -0.1) is 0 Å². The molecule has 20 heavy (non-hydrogen) atoms. The van der Waals surface area contributed by atoms with Crippen LogP contribution in [0.15, 0.2) is 24.3 Å². The largest absolute Gasteiger partial charge is 0.377 e. The van der Waals surface area contributed by atoms with Crippen molar-refractivity contribution < 1.29 is 13.9 Å². The third-order valence-corrected chi connectivity index (χ3v) is 3.54. The minimum atomic E-state index is -0.298. The van der Waals surface area contributed by atoms with Crippen LogP contribution in [0.1, 0.15) is 25.3 Å². The van der Waals surface area contributed by atoms with Gasteiger partial charge >= 0.3 is 0 Å². The molecule has 1 aromatic rings. The predicted octanol–water partition coefficient (Wildman–Crippen LogP) is 1.60. The van der Waals surface area contributed by atoms with Crippen LogP contribution in [0, 0.1) is 5.82 Å². The maximum absolute atomic E-state index is 13.4. The van der Waals surface area contributed by atoms with Gasteiger partial charge in [-0.3, -0.25) is 4.79 Å². The summed E-state index contributed by atoms with van der Waals surface area (Å²) in [5.41, 5.74) is 0.494. The number of carbonyl (C=O) groups excluding carboxylic acids is 1. The van der Waals surface area contributed by atoms with E-state index >= 15 is 0 Å². The number of amides is 1. The molecule has 1 aliphatic heterocycles. The number of benzene rings is 1. The lowest BCUT2D eigenvalue weighted by Gasteiger charge is -2.19. The second-order valence-corrected chi connectivity index (χ2v) is 5.09. The van der Waals surface area contributed by atoms with Gasteiger partial charge in [-0.1, -0.05) is 18.2 Å². The van der Waals surface area contributed by atoms with Gasteiger partial charge in [-0.2, -0.15) is 0 Å². The summed E-state index contributed by atoms with van der Waals surface area (Å²) in [5.74, 6) is -0.438. The van der Waals surface area contributed by atoms with E-state index in [1.165, 1.54) is 6.07 Å². The molecule has 0 spiro atoms. The highest BCUT2D eigenvalue weighted by molar-refractivity contribution is 5.78. The van der Waals surface area contributed by atoms with Crippen LogP contribution in [0.5, 0.6) is 0 Å². The fraction of sp³-hybridized carbons (Fsp3) is 0.533. The second-order valence-electron chi connectivity index (χ2n) is 5.09. The van der Waals surface area contributed by atoms with E-state index in [4.69, 9.17) is 4.74 Å². The summed E-state index contributed by atoms with van der Waals surface area (Å²) in [6.07, 6.45) is 2.30. The highest BCUT2D eigenvalue weighted by Gasteiger charge is 2.22. The Labute approximate surface area is 118 Å². The van der Waals surface area contributed by atoms with Gasteiger partial charge in [-0.05, 0) is 25.8 Å². The summed E-state index contributed by atoms with van der Waals surface area (Å²) in [4.78, 5) is 11.7. The Hall–Kier alpha value is -1.46. The molecular weight excluding hydrogens is 259 g/mol. The molecule has 0 aliphatic carbocycles. The lowest BCUT2D eigenvalue weighted by atomic mass is 10.1. The van der Waals surface area contributed by atoms with E-state index in [0.717, 1.165) is 19.4 Å². The predicted molar refractivity (Wildman–Crippen MR) is 74.7 cm³/mol. The van der Waals surface area contributed by atoms with Crippen molar-refractivity contribution in [2.45, 2.75) is 38.5 Å². The van der Waals surface area contributed by atoms with Crippen molar-refractivity contribution in [1.29, 1.82) is 0 Å². The fourth-order valence-electron chi connectivity index (χ4n) is 2.28. The summed E-state index contributed by atoms with van der Waals surface area (Å²) < 4.78 is 18.9. The number of halogens is 1. The van der Waals surface area contributed by atoms with Gasteiger partial charge in [0, 0.05) is 24.8 Å². The lowest BCUT2D eigenvalue weighted by molar-refractivity contribution is -0.120. The zero-order valence-corrected chi connectivity index (χ0v) is 11.7. The fourth-order valence-corrected chi connectivity index (χ4v) is 2.28. The average molecular weight is 280 g/mol. The third-order valence-electron chi connectivity index (χ3n) is 3.54. The van der Waals surface area contributed by atoms with Crippen LogP contribution in [0.2, 0.25) is 0 Å². The van der Waals surface area contributed by atoms with Crippen LogP contribution in [0.3, 0.4) is 0 Å². The van der Waals surface area contributed by atoms with Crippen LogP contribution in [-0.4, -0.2) is 31.2 Å². The van der Waals surface area contributed by atoms with Crippen molar-refractivity contribution in [3.8, 4) is 0 Å². The highest BCUT2D eigenvalue weighted by Crippen LogP contribution is 2.15. The van der Waals surface area contributed by atoms with Crippen molar-refractivity contribution in [3.63, 3.8) is 0 Å². The van der Waals surface area contributed by atoms with E-state index in [0.29, 0.717) is 5.56 Å². The van der Waals surface area contributed by atoms with Crippen molar-refractivity contribution >= 4 is 5.91 Å². The lowest BCUT2D eigenvalue weighted by Crippen LogP contribution is -2.43. The molecule has 1 aromatic carbocycles. The maximum Gasteiger partial charge on any atom is 0.234 e. The summed E-state index contributed by atoms with van der Waals surface area (Å²) in [6.45, 7) is 3.24. The van der Waals surface area contributed by atoms with Gasteiger partial charge in [0.2, 0.25) is 5.91 Å². The van der Waals surface area contributed by atoms with E-state index in [1.807, 2.05) is 6.92 Å². The number of rotatable bonds is 6. The number of ether oxygens (including phenoxy) is 1. The highest BCUT2D eigenvalue weighted by atomic mass is 19.1. The van der Waals surface area contributed by atoms with E-state index in [9.17, 15) is 9.18 Å². The number of hydrogen-bond acceptors (Lipinski definition) is 3. The first kappa shape index (κ1) is 14.9. The SMILES string of the molecule is CC(NCC(=O)NCc1ccccc1F)C1CCCO1. The number of hydrogen-bond donors (Lipinski definition) is 2. The number of carbonyl (C=O) groups is 1. The molecule has 0 aromatic heterocycles. The van der Waals surface area contributed by atoms with Crippen LogP contribution in [0.4, 0.5) is 4.39 Å². The van der Waals surface area contributed by atoms with E-state index in [1.54, 1.807) is 18.2 Å². The standard InChI is InChI=1S/C15H21FN2O2/c1-11(14-7-4-8-20-14)17-10-15(19)18-9-12-5-2-3-6-13(12)16/h2-3,5-6,11,14,17H,4,7-10H2,1H3,(H,18,19). The molecule has 0 saturated carbocycles. The van der Waals surface area contributed by atoms with E-state index in [2.05, 4.69) is 10.6 Å². The normalized spacial score (nSPS) is 19.8. The van der Waals surface area contributed by atoms with Crippen LogP contribution < -0.4 is 10.6 Å². The van der Waals surface area contributed by atoms with Crippen molar-refractivity contribution in [2.24, 2.45) is 0 Å². The molecule has 2 atom stereocenters. The van der Waals surface area contributed by atoms with Crippen molar-refractivity contribution in [2.75, 3.05) is 13.2 Å². The van der Waals surface area contributed by atoms with Gasteiger partial charge < -0.3 is 15.4 Å². The molecular formula is C15H21FN2O2. The molecule has 1 heterocycles. The minimum Gasteiger partial charge on any atom is -0.377 e. The summed E-state index contributed by atoms with van der Waals surface area (Å²) >= 11 is 0. The first-order chi connectivity index (χ1) is 9.66. The molecule has 1 aliphatic rings. The molecule has 110 valence electrons. The monoisotopic (exact) mass is 280 g/mol. The third kappa shape index (κ3) is 4.28. The molecule has 1 saturated heterocycles. The van der Waals surface area contributed by atoms with Crippen LogP contribution in [0.25, 0.3) is 0 Å². The molecule has 1 amide bonds. The zero-order chi connectivity index (χ0) is 14.4. The smallest absolute Gasteiger partial charge is 0.234 e. The Morgan fingerprint density at radius 2 is 2.30 bits per heavy atom. The first-order valence-electron chi connectivity index (χ1n) is 7.02. The van der Waals surface area contributed by atoms with Gasteiger partial charge in [0.25, 0.3) is 0 Å². The zero-order valence-electron chi connectivity index (χ0n) is 11.7. The quantitative estimate of drug-likeness (QED) is 0.832. The molecule has 2 rings (SSSR count). The van der Waals surface area contributed by atoms with Gasteiger partial charge in [0.1, 0.15) is 5.82 Å². The van der Waals surface area contributed by atoms with Crippen molar-refractivity contribution in [1.82, 2.24) is 10.6 Å². The molecule has 0 radical (unpaired) electrons. The summed E-state index contributed by atoms with van der Waals surface area (Å²) in [6, 6.07) is 6.59. The Bertz CT molecular complexity index is 447. The van der Waals surface area contributed by atoms with Crippen LogP contribution in [-0.2, 0) is 16.1 Å². The van der Waals surface area contributed by atoms with Crippen molar-refractivity contribution in [3.05, 3.63) is 35.6 Å². The minimum absolute atomic E-state index is 0.141. The molecule has 2 N–H and O–H groups in total. The number of nitrogens with one attached hydrogen (secondary N) is 2. The first-order valence-corrected chi connectivity index (χ1v) is 7.02. The summed E-state index contributed by atoms with van der Waals surface area (Å²) in [5, 5.41) is 5.85. The Morgan fingerprint density at radius 3 is 3.00 bits per heavy atom. The topological polar surface area (TPSA) is 50.4 Å². The van der Waals surface area contributed by atoms with Crippen LogP contribution >= 0.6 is 0 Å². The molecule has 4 nitrogen and oxygen atoms in total. The van der Waals surface area contributed by atoms with Gasteiger partial charge in [-0.25, -0.2) is 4.39 Å². The molecule has 5 heteroatoms. The van der Waals surface area contributed by atoms with Gasteiger partial charge in [0.15, 0.2) is 0 Å². The van der Waals surface area contributed by atoms with Gasteiger partial charge in [0.05, 0.1) is 12.6 Å². The second kappa shape index (κ2) is 7.36. The van der Waals surface area contributed by atoms with E-state index in [-0.39, 0.29) is 37.0 Å². The summed E-state index contributed by atoms with van der Waals surface area (Å²) in [7, 11) is 0. The van der Waals surface area contributed by atoms with E-state index < -0.39 is 0 Å². The molecule has 0 bridgehead atoms. The molecule has 2 unspecified atom stereocenters. The Morgan fingerprint density at radius 1 is 1.50 bits per heavy atom. The molecule has 1 fully saturated rings. The Balaban J connectivity index is 1.69.